The number of rotatable bonds is 10. The van der Waals surface area contributed by atoms with Crippen molar-refractivity contribution in [3.8, 4) is 0 Å². The summed E-state index contributed by atoms with van der Waals surface area (Å²) < 4.78 is 28.4. The van der Waals surface area contributed by atoms with Gasteiger partial charge < -0.3 is 16.0 Å². The maximum atomic E-state index is 12.6. The fourth-order valence-electron chi connectivity index (χ4n) is 2.64. The number of nitrogens with zero attached hydrogens (tertiary/aromatic N) is 3. The molecule has 34 heavy (non-hydrogen) atoms. The van der Waals surface area contributed by atoms with Gasteiger partial charge in [-0.25, -0.2) is 18.4 Å². The van der Waals surface area contributed by atoms with Crippen LogP contribution in [0.15, 0.2) is 63.2 Å². The van der Waals surface area contributed by atoms with Crippen molar-refractivity contribution in [3.05, 3.63) is 58.8 Å². The Labute approximate surface area is 209 Å². The Morgan fingerprint density at radius 2 is 1.82 bits per heavy atom. The van der Waals surface area contributed by atoms with E-state index in [9.17, 15) is 13.2 Å². The molecule has 0 saturated heterocycles. The van der Waals surface area contributed by atoms with Gasteiger partial charge in [0.05, 0.1) is 4.47 Å². The van der Waals surface area contributed by atoms with E-state index in [0.29, 0.717) is 34.2 Å². The van der Waals surface area contributed by atoms with Crippen molar-refractivity contribution in [2.75, 3.05) is 23.7 Å². The van der Waals surface area contributed by atoms with Crippen molar-refractivity contribution in [1.82, 2.24) is 24.4 Å². The van der Waals surface area contributed by atoms with Crippen molar-refractivity contribution in [1.29, 1.82) is 0 Å². The molecular weight excluding hydrogens is 542 g/mol. The zero-order valence-corrected chi connectivity index (χ0v) is 21.7. The van der Waals surface area contributed by atoms with Gasteiger partial charge in [-0.15, -0.1) is 0 Å². The fraction of sp³-hybridized carbons (Fsp3) is 0.190. The standard InChI is InChI=1S/C21H24BrN7O3S2/c1-14-4-9-19(25-12-14)34(31,32)29-33(3)17-7-5-16(6-8-17)27-21-26-13-18(22)20(28-21)24-11-10-23-15(2)30/h4-9,12-13,29H,3,10-11H2,1-2H3,(H,23,30)(H2,24,26,27,28). The lowest BCUT2D eigenvalue weighted by atomic mass is 10.3. The van der Waals surface area contributed by atoms with Crippen LogP contribution >= 0.6 is 26.6 Å². The lowest BCUT2D eigenvalue weighted by molar-refractivity contribution is -0.118. The lowest BCUT2D eigenvalue weighted by Gasteiger charge is -2.12. The molecule has 2 heterocycles. The molecule has 13 heteroatoms. The van der Waals surface area contributed by atoms with Crippen molar-refractivity contribution in [2.24, 2.45) is 0 Å². The zero-order chi connectivity index (χ0) is 24.7. The molecule has 0 aliphatic heterocycles. The number of aryl methyl sites for hydroxylation is 1. The molecule has 1 atom stereocenters. The third kappa shape index (κ3) is 7.32. The van der Waals surface area contributed by atoms with E-state index in [1.54, 1.807) is 36.5 Å². The molecule has 2 aromatic heterocycles. The Balaban J connectivity index is 1.63. The smallest absolute Gasteiger partial charge is 0.267 e. The van der Waals surface area contributed by atoms with Crippen molar-refractivity contribution in [3.63, 3.8) is 0 Å². The maximum Gasteiger partial charge on any atom is 0.267 e. The first-order valence-electron chi connectivity index (χ1n) is 10.0. The first-order valence-corrected chi connectivity index (χ1v) is 13.7. The van der Waals surface area contributed by atoms with Gasteiger partial charge in [-0.05, 0) is 58.7 Å². The molecule has 3 rings (SSSR count). The summed E-state index contributed by atoms with van der Waals surface area (Å²) in [4.78, 5) is 24.3. The summed E-state index contributed by atoms with van der Waals surface area (Å²) in [5.41, 5.74) is 1.59. The third-order valence-electron chi connectivity index (χ3n) is 4.30. The van der Waals surface area contributed by atoms with Crippen LogP contribution in [-0.2, 0) is 14.8 Å². The summed E-state index contributed by atoms with van der Waals surface area (Å²) in [6.07, 6.45) is 3.12. The molecule has 1 unspecified atom stereocenters. The number of amides is 1. The topological polar surface area (TPSA) is 138 Å². The molecule has 4 N–H and O–H groups in total. The van der Waals surface area contributed by atoms with Crippen LogP contribution in [0, 0.1) is 6.92 Å². The Bertz CT molecular complexity index is 1280. The molecule has 3 aromatic rings. The fourth-order valence-corrected chi connectivity index (χ4v) is 5.66. The number of hydrogen-bond donors (Lipinski definition) is 4. The first-order chi connectivity index (χ1) is 16.1. The molecule has 0 aliphatic carbocycles. The SMILES string of the molecule is C=S(NS(=O)(=O)c1ccc(C)cn1)c1ccc(Nc2ncc(Br)c(NCCNC(C)=O)n2)cc1. The summed E-state index contributed by atoms with van der Waals surface area (Å²) >= 11 is 3.40. The quantitative estimate of drug-likeness (QED) is 0.217. The number of carbonyl (C=O) groups excluding carboxylic acids is 1. The van der Waals surface area contributed by atoms with Crippen LogP contribution in [0.1, 0.15) is 12.5 Å². The van der Waals surface area contributed by atoms with Gasteiger partial charge in [0.15, 0.2) is 5.03 Å². The predicted octanol–water partition coefficient (Wildman–Crippen LogP) is 3.19. The van der Waals surface area contributed by atoms with Crippen LogP contribution in [-0.4, -0.2) is 48.2 Å². The monoisotopic (exact) mass is 565 g/mol. The minimum Gasteiger partial charge on any atom is -0.367 e. The second-order valence-corrected chi connectivity index (χ2v) is 11.3. The summed E-state index contributed by atoms with van der Waals surface area (Å²) in [7, 11) is -4.80. The van der Waals surface area contributed by atoms with Crippen LogP contribution in [0.2, 0.25) is 0 Å². The second kappa shape index (κ2) is 11.5. The molecule has 1 amide bonds. The van der Waals surface area contributed by atoms with E-state index in [2.05, 4.69) is 56.8 Å². The highest BCUT2D eigenvalue weighted by Gasteiger charge is 2.17. The van der Waals surface area contributed by atoms with E-state index in [-0.39, 0.29) is 10.9 Å². The predicted molar refractivity (Wildman–Crippen MR) is 139 cm³/mol. The zero-order valence-electron chi connectivity index (χ0n) is 18.5. The third-order valence-corrected chi connectivity index (χ3v) is 8.20. The highest BCUT2D eigenvalue weighted by Crippen LogP contribution is 2.26. The molecule has 0 spiro atoms. The summed E-state index contributed by atoms with van der Waals surface area (Å²) in [6, 6.07) is 10.3. The van der Waals surface area contributed by atoms with Crippen molar-refractivity contribution >= 4 is 65.9 Å². The average molecular weight is 567 g/mol. The average Bonchev–Trinajstić information content (AvgIpc) is 2.79. The summed E-state index contributed by atoms with van der Waals surface area (Å²) in [5.74, 6) is 4.80. The van der Waals surface area contributed by atoms with Gasteiger partial charge in [0.2, 0.25) is 11.9 Å². The molecule has 0 saturated carbocycles. The Morgan fingerprint density at radius 1 is 1.09 bits per heavy atom. The number of aromatic nitrogens is 3. The Morgan fingerprint density at radius 3 is 2.47 bits per heavy atom. The number of carbonyl (C=O) groups is 1. The van der Waals surface area contributed by atoms with E-state index < -0.39 is 20.7 Å². The minimum absolute atomic E-state index is 0.0496. The van der Waals surface area contributed by atoms with Gasteiger partial charge in [-0.2, -0.15) is 9.11 Å². The molecule has 0 aliphatic rings. The van der Waals surface area contributed by atoms with Crippen LogP contribution < -0.4 is 20.1 Å². The number of hydrogen-bond acceptors (Lipinski definition) is 8. The number of anilines is 3. The molecule has 0 radical (unpaired) electrons. The molecule has 10 nitrogen and oxygen atoms in total. The van der Waals surface area contributed by atoms with Crippen molar-refractivity contribution < 1.29 is 13.2 Å². The number of sulfonamides is 1. The van der Waals surface area contributed by atoms with E-state index >= 15 is 0 Å². The second-order valence-electron chi connectivity index (χ2n) is 7.10. The molecule has 0 bridgehead atoms. The van der Waals surface area contributed by atoms with Gasteiger partial charge in [0.25, 0.3) is 10.0 Å². The summed E-state index contributed by atoms with van der Waals surface area (Å²) in [5, 5.41) is 8.89. The van der Waals surface area contributed by atoms with Crippen molar-refractivity contribution in [2.45, 2.75) is 23.8 Å². The van der Waals surface area contributed by atoms with Gasteiger partial charge in [-0.1, -0.05) is 22.6 Å². The minimum atomic E-state index is -3.79. The van der Waals surface area contributed by atoms with E-state index in [0.717, 1.165) is 11.3 Å². The van der Waals surface area contributed by atoms with Crippen LogP contribution in [0.25, 0.3) is 0 Å². The van der Waals surface area contributed by atoms with Gasteiger partial charge in [0, 0.05) is 43.0 Å². The van der Waals surface area contributed by atoms with E-state index in [4.69, 9.17) is 0 Å². The molecule has 180 valence electrons. The van der Waals surface area contributed by atoms with E-state index in [1.807, 2.05) is 6.92 Å². The normalized spacial score (nSPS) is 12.1. The van der Waals surface area contributed by atoms with Crippen LogP contribution in [0.3, 0.4) is 0 Å². The summed E-state index contributed by atoms with van der Waals surface area (Å²) in [6.45, 7) is 4.26. The lowest BCUT2D eigenvalue weighted by Crippen LogP contribution is -2.26. The van der Waals surface area contributed by atoms with Gasteiger partial charge in [-0.3, -0.25) is 4.79 Å². The van der Waals surface area contributed by atoms with Crippen LogP contribution in [0.4, 0.5) is 17.5 Å². The maximum absolute atomic E-state index is 12.6. The van der Waals surface area contributed by atoms with Gasteiger partial charge >= 0.3 is 0 Å². The number of pyridine rings is 1. The van der Waals surface area contributed by atoms with Gasteiger partial charge in [0.1, 0.15) is 5.82 Å². The Kier molecular flexibility index (Phi) is 8.72. The first kappa shape index (κ1) is 25.7. The highest BCUT2D eigenvalue weighted by molar-refractivity contribution is 9.10. The number of nitrogens with one attached hydrogen (secondary N) is 4. The highest BCUT2D eigenvalue weighted by atomic mass is 79.9. The van der Waals surface area contributed by atoms with E-state index in [1.165, 1.54) is 19.2 Å². The van der Waals surface area contributed by atoms with Crippen LogP contribution in [0.5, 0.6) is 0 Å². The number of benzene rings is 1. The largest absolute Gasteiger partial charge is 0.367 e. The molecule has 0 fully saturated rings. The molecule has 1 aromatic carbocycles. The molecular formula is C21H24BrN7O3S2. The Hall–Kier alpha value is -2.87. The number of halogens is 1.